The van der Waals surface area contributed by atoms with Crippen molar-refractivity contribution < 1.29 is 24.2 Å². The SMILES string of the molecule is CC(C)(C)OC(=O)N1CCC([C@@H]2CC[C@H](C(=O)O)O2)CC1. The minimum atomic E-state index is -0.872. The molecular weight excluding hydrogens is 274 g/mol. The molecule has 0 unspecified atom stereocenters. The van der Waals surface area contributed by atoms with Gasteiger partial charge in [0.05, 0.1) is 6.10 Å². The van der Waals surface area contributed by atoms with E-state index < -0.39 is 17.7 Å². The van der Waals surface area contributed by atoms with Crippen molar-refractivity contribution in [3.63, 3.8) is 0 Å². The molecule has 1 N–H and O–H groups in total. The number of amides is 1. The summed E-state index contributed by atoms with van der Waals surface area (Å²) in [5, 5.41) is 8.96. The maximum Gasteiger partial charge on any atom is 0.410 e. The predicted octanol–water partition coefficient (Wildman–Crippen LogP) is 2.27. The highest BCUT2D eigenvalue weighted by Gasteiger charge is 2.37. The van der Waals surface area contributed by atoms with Crippen molar-refractivity contribution >= 4 is 12.1 Å². The van der Waals surface area contributed by atoms with E-state index in [1.54, 1.807) is 4.90 Å². The van der Waals surface area contributed by atoms with Gasteiger partial charge in [-0.3, -0.25) is 0 Å². The second-order valence-electron chi connectivity index (χ2n) is 6.88. The quantitative estimate of drug-likeness (QED) is 0.846. The molecule has 2 fully saturated rings. The van der Waals surface area contributed by atoms with E-state index in [1.807, 2.05) is 20.8 Å². The number of rotatable bonds is 2. The second-order valence-corrected chi connectivity index (χ2v) is 6.88. The number of ether oxygens (including phenoxy) is 2. The summed E-state index contributed by atoms with van der Waals surface area (Å²) in [7, 11) is 0. The summed E-state index contributed by atoms with van der Waals surface area (Å²) in [4.78, 5) is 24.6. The summed E-state index contributed by atoms with van der Waals surface area (Å²) in [6, 6.07) is 0. The minimum absolute atomic E-state index is 0.0203. The molecule has 2 saturated heterocycles. The third-order valence-corrected chi connectivity index (χ3v) is 4.04. The van der Waals surface area contributed by atoms with E-state index in [1.165, 1.54) is 0 Å². The zero-order chi connectivity index (χ0) is 15.6. The highest BCUT2D eigenvalue weighted by molar-refractivity contribution is 5.72. The van der Waals surface area contributed by atoms with E-state index in [9.17, 15) is 9.59 Å². The third kappa shape index (κ3) is 4.33. The fourth-order valence-electron chi connectivity index (χ4n) is 2.97. The fraction of sp³-hybridized carbons (Fsp3) is 0.867. The molecule has 0 bridgehead atoms. The lowest BCUT2D eigenvalue weighted by atomic mass is 9.90. The van der Waals surface area contributed by atoms with Crippen LogP contribution in [-0.2, 0) is 14.3 Å². The van der Waals surface area contributed by atoms with Crippen LogP contribution in [0.2, 0.25) is 0 Å². The third-order valence-electron chi connectivity index (χ3n) is 4.04. The number of piperidine rings is 1. The van der Waals surface area contributed by atoms with Crippen LogP contribution in [0.3, 0.4) is 0 Å². The Morgan fingerprint density at radius 1 is 1.14 bits per heavy atom. The van der Waals surface area contributed by atoms with Crippen LogP contribution in [0.25, 0.3) is 0 Å². The van der Waals surface area contributed by atoms with Gasteiger partial charge in [-0.2, -0.15) is 0 Å². The summed E-state index contributed by atoms with van der Waals surface area (Å²) in [6.45, 7) is 6.87. The number of carboxylic acid groups (broad SMARTS) is 1. The molecule has 6 nitrogen and oxygen atoms in total. The van der Waals surface area contributed by atoms with Crippen LogP contribution in [0.5, 0.6) is 0 Å². The Labute approximate surface area is 125 Å². The molecule has 0 aromatic rings. The van der Waals surface area contributed by atoms with Gasteiger partial charge in [-0.25, -0.2) is 9.59 Å². The van der Waals surface area contributed by atoms with Crippen molar-refractivity contribution in [3.05, 3.63) is 0 Å². The average Bonchev–Trinajstić information content (AvgIpc) is 2.86. The van der Waals surface area contributed by atoms with Crippen molar-refractivity contribution in [2.75, 3.05) is 13.1 Å². The normalized spacial score (nSPS) is 27.7. The molecule has 2 atom stereocenters. The van der Waals surface area contributed by atoms with Crippen LogP contribution in [0.1, 0.15) is 46.5 Å². The van der Waals surface area contributed by atoms with Crippen LogP contribution in [0.4, 0.5) is 4.79 Å². The minimum Gasteiger partial charge on any atom is -0.479 e. The number of hydrogen-bond donors (Lipinski definition) is 1. The molecular formula is C15H25NO5. The number of nitrogens with zero attached hydrogens (tertiary/aromatic N) is 1. The Bertz CT molecular complexity index is 395. The monoisotopic (exact) mass is 299 g/mol. The molecule has 2 heterocycles. The first-order valence-electron chi connectivity index (χ1n) is 7.62. The van der Waals surface area contributed by atoms with Crippen molar-refractivity contribution in [3.8, 4) is 0 Å². The lowest BCUT2D eigenvalue weighted by Crippen LogP contribution is -2.43. The van der Waals surface area contributed by atoms with Gasteiger partial charge in [0, 0.05) is 13.1 Å². The number of likely N-dealkylation sites (tertiary alicyclic amines) is 1. The maximum atomic E-state index is 12.0. The Morgan fingerprint density at radius 3 is 2.24 bits per heavy atom. The summed E-state index contributed by atoms with van der Waals surface area (Å²) >= 11 is 0. The van der Waals surface area contributed by atoms with Gasteiger partial charge in [0.2, 0.25) is 0 Å². The molecule has 1 amide bonds. The highest BCUT2D eigenvalue weighted by Crippen LogP contribution is 2.32. The Morgan fingerprint density at radius 2 is 1.76 bits per heavy atom. The summed E-state index contributed by atoms with van der Waals surface area (Å²) < 4.78 is 11.0. The lowest BCUT2D eigenvalue weighted by Gasteiger charge is -2.35. The van der Waals surface area contributed by atoms with Gasteiger partial charge in [-0.15, -0.1) is 0 Å². The lowest BCUT2D eigenvalue weighted by molar-refractivity contribution is -0.150. The van der Waals surface area contributed by atoms with E-state index in [2.05, 4.69) is 0 Å². The smallest absolute Gasteiger partial charge is 0.410 e. The van der Waals surface area contributed by atoms with E-state index in [-0.39, 0.29) is 12.2 Å². The Balaban J connectivity index is 1.79. The first-order chi connectivity index (χ1) is 9.76. The second kappa shape index (κ2) is 6.22. The number of hydrogen-bond acceptors (Lipinski definition) is 4. The van der Waals surface area contributed by atoms with Crippen molar-refractivity contribution in [1.82, 2.24) is 4.90 Å². The van der Waals surface area contributed by atoms with Gasteiger partial charge in [-0.05, 0) is 52.4 Å². The van der Waals surface area contributed by atoms with Crippen LogP contribution >= 0.6 is 0 Å². The molecule has 6 heteroatoms. The molecule has 21 heavy (non-hydrogen) atoms. The van der Waals surface area contributed by atoms with Crippen LogP contribution < -0.4 is 0 Å². The van der Waals surface area contributed by atoms with E-state index in [0.717, 1.165) is 19.3 Å². The van der Waals surface area contributed by atoms with E-state index in [0.29, 0.717) is 25.4 Å². The summed E-state index contributed by atoms with van der Waals surface area (Å²) in [6.07, 6.45) is 2.18. The van der Waals surface area contributed by atoms with Crippen molar-refractivity contribution in [1.29, 1.82) is 0 Å². The zero-order valence-corrected chi connectivity index (χ0v) is 13.0. The summed E-state index contributed by atoms with van der Waals surface area (Å²) in [5.74, 6) is -0.531. The predicted molar refractivity (Wildman–Crippen MR) is 76.1 cm³/mol. The van der Waals surface area contributed by atoms with Gasteiger partial charge in [0.1, 0.15) is 5.60 Å². The Kier molecular flexibility index (Phi) is 4.76. The number of carbonyl (C=O) groups excluding carboxylic acids is 1. The van der Waals surface area contributed by atoms with Gasteiger partial charge < -0.3 is 19.5 Å². The van der Waals surface area contributed by atoms with Gasteiger partial charge in [0.25, 0.3) is 0 Å². The highest BCUT2D eigenvalue weighted by atomic mass is 16.6. The maximum absolute atomic E-state index is 12.0. The molecule has 0 radical (unpaired) electrons. The molecule has 0 saturated carbocycles. The van der Waals surface area contributed by atoms with Gasteiger partial charge in [0.15, 0.2) is 6.10 Å². The average molecular weight is 299 g/mol. The zero-order valence-electron chi connectivity index (χ0n) is 13.0. The molecule has 0 aromatic carbocycles. The molecule has 120 valence electrons. The van der Waals surface area contributed by atoms with Crippen molar-refractivity contribution in [2.24, 2.45) is 5.92 Å². The van der Waals surface area contributed by atoms with Crippen molar-refractivity contribution in [2.45, 2.75) is 64.3 Å². The molecule has 2 aliphatic rings. The first-order valence-corrected chi connectivity index (χ1v) is 7.62. The number of aliphatic carboxylic acids is 1. The number of carboxylic acids is 1. The number of carbonyl (C=O) groups is 2. The summed E-state index contributed by atoms with van der Waals surface area (Å²) in [5.41, 5.74) is -0.475. The Hall–Kier alpha value is -1.30. The van der Waals surface area contributed by atoms with Crippen LogP contribution in [-0.4, -0.2) is 53.0 Å². The molecule has 0 aliphatic carbocycles. The molecule has 0 aromatic heterocycles. The first kappa shape index (κ1) is 16.1. The van der Waals surface area contributed by atoms with E-state index >= 15 is 0 Å². The van der Waals surface area contributed by atoms with Gasteiger partial charge >= 0.3 is 12.1 Å². The largest absolute Gasteiger partial charge is 0.479 e. The van der Waals surface area contributed by atoms with E-state index in [4.69, 9.17) is 14.6 Å². The van der Waals surface area contributed by atoms with Crippen LogP contribution in [0, 0.1) is 5.92 Å². The topological polar surface area (TPSA) is 76.1 Å². The fourth-order valence-corrected chi connectivity index (χ4v) is 2.97. The molecule has 2 aliphatic heterocycles. The standard InChI is InChI=1S/C15H25NO5/c1-15(2,3)21-14(19)16-8-6-10(7-9-16)11-4-5-12(20-11)13(17)18/h10-12H,4-9H2,1-3H3,(H,17,18)/t11-,12+/m0/s1. The van der Waals surface area contributed by atoms with Crippen LogP contribution in [0.15, 0.2) is 0 Å². The van der Waals surface area contributed by atoms with Gasteiger partial charge in [-0.1, -0.05) is 0 Å². The molecule has 2 rings (SSSR count). The molecule has 0 spiro atoms.